The highest BCUT2D eigenvalue weighted by Crippen LogP contribution is 2.49. The van der Waals surface area contributed by atoms with Gasteiger partial charge in [-0.3, -0.25) is 9.48 Å². The van der Waals surface area contributed by atoms with Crippen LogP contribution in [0, 0.1) is 12.9 Å². The van der Waals surface area contributed by atoms with Crippen molar-refractivity contribution in [2.75, 3.05) is 5.32 Å². The van der Waals surface area contributed by atoms with Crippen LogP contribution in [0.15, 0.2) is 49.3 Å². The first kappa shape index (κ1) is 21.1. The van der Waals surface area contributed by atoms with Crippen molar-refractivity contribution in [3.8, 4) is 5.82 Å². The van der Waals surface area contributed by atoms with Crippen LogP contribution in [0.25, 0.3) is 11.5 Å². The van der Waals surface area contributed by atoms with Crippen LogP contribution in [0.3, 0.4) is 0 Å². The number of aryl methyl sites for hydroxylation is 2. The fraction of sp³-hybridized carbons (Fsp3) is 0.261. The van der Waals surface area contributed by atoms with Crippen molar-refractivity contribution in [1.82, 2.24) is 44.4 Å². The van der Waals surface area contributed by atoms with Crippen molar-refractivity contribution in [3.05, 3.63) is 77.6 Å². The molecule has 0 unspecified atom stereocenters. The molecule has 0 spiro atoms. The van der Waals surface area contributed by atoms with Crippen molar-refractivity contribution in [1.29, 1.82) is 0 Å². The number of rotatable bonds is 4. The van der Waals surface area contributed by atoms with Crippen molar-refractivity contribution in [3.63, 3.8) is 0 Å². The molecule has 0 radical (unpaired) electrons. The van der Waals surface area contributed by atoms with Crippen LogP contribution >= 0.6 is 0 Å². The topological polar surface area (TPSA) is 121 Å². The maximum absolute atomic E-state index is 14.1. The third-order valence-corrected chi connectivity index (χ3v) is 6.58. The second-order valence-electron chi connectivity index (χ2n) is 8.96. The highest BCUT2D eigenvalue weighted by Gasteiger charge is 2.47. The summed E-state index contributed by atoms with van der Waals surface area (Å²) in [7, 11) is 1.83. The number of fused-ring (bicyclic) bond motifs is 3. The van der Waals surface area contributed by atoms with Crippen LogP contribution < -0.4 is 5.32 Å². The van der Waals surface area contributed by atoms with Gasteiger partial charge in [-0.15, -0.1) is 9.90 Å². The SMILES string of the molecule is Cc1cc(NC(=O)[C@@H]2C[C@@](C)(c3cnn(C)c3)c3c2cnc2cc(F)nn32)cnc1-n1nccn1. The monoisotopic (exact) mass is 472 g/mol. The molecule has 35 heavy (non-hydrogen) atoms. The van der Waals surface area contributed by atoms with Gasteiger partial charge in [0.25, 0.3) is 0 Å². The molecule has 6 rings (SSSR count). The summed E-state index contributed by atoms with van der Waals surface area (Å²) in [5.74, 6) is -0.790. The van der Waals surface area contributed by atoms with Crippen molar-refractivity contribution in [2.24, 2.45) is 7.05 Å². The number of nitrogens with one attached hydrogen (secondary N) is 1. The van der Waals surface area contributed by atoms with E-state index >= 15 is 0 Å². The molecule has 5 heterocycles. The van der Waals surface area contributed by atoms with E-state index in [0.717, 1.165) is 16.8 Å². The molecule has 0 saturated heterocycles. The van der Waals surface area contributed by atoms with Gasteiger partial charge >= 0.3 is 0 Å². The van der Waals surface area contributed by atoms with Crippen molar-refractivity contribution in [2.45, 2.75) is 31.6 Å². The number of halogens is 1. The number of pyridine rings is 1. The molecule has 12 heteroatoms. The molecule has 0 fully saturated rings. The van der Waals surface area contributed by atoms with Crippen LogP contribution in [0.5, 0.6) is 0 Å². The Morgan fingerprint density at radius 3 is 2.66 bits per heavy atom. The minimum absolute atomic E-state index is 0.209. The molecule has 1 N–H and O–H groups in total. The molecular formula is C23H21FN10O. The molecular weight excluding hydrogens is 451 g/mol. The standard InChI is InChI=1S/C23H21FN10O/c1-13-6-15(10-26-21(13)34-27-4-5-28-34)30-22(35)16-8-23(2,14-9-29-32(3)12-14)20-17(16)11-25-19-7-18(24)31-33(19)20/h4-7,9-12,16H,8H2,1-3H3,(H,30,35)/t16-,23+/m1/s1. The maximum Gasteiger partial charge on any atom is 0.235 e. The molecule has 1 amide bonds. The molecule has 0 aromatic carbocycles. The molecule has 11 nitrogen and oxygen atoms in total. The number of carbonyl (C=O) groups excluding carboxylic acids is 1. The number of carbonyl (C=O) groups is 1. The van der Waals surface area contributed by atoms with Crippen LogP contribution in [-0.2, 0) is 17.3 Å². The summed E-state index contributed by atoms with van der Waals surface area (Å²) in [5.41, 5.74) is 3.46. The molecule has 2 atom stereocenters. The van der Waals surface area contributed by atoms with E-state index < -0.39 is 17.3 Å². The van der Waals surface area contributed by atoms with Crippen molar-refractivity contribution >= 4 is 17.2 Å². The zero-order chi connectivity index (χ0) is 24.3. The number of hydrogen-bond donors (Lipinski definition) is 1. The zero-order valence-electron chi connectivity index (χ0n) is 19.2. The predicted molar refractivity (Wildman–Crippen MR) is 122 cm³/mol. The molecule has 5 aromatic heterocycles. The minimum atomic E-state index is -0.630. The molecule has 1 aliphatic rings. The van der Waals surface area contributed by atoms with E-state index in [1.54, 1.807) is 35.7 Å². The molecule has 5 aromatic rings. The van der Waals surface area contributed by atoms with Gasteiger partial charge in [0.2, 0.25) is 11.9 Å². The van der Waals surface area contributed by atoms with Crippen LogP contribution in [-0.4, -0.2) is 50.3 Å². The third-order valence-electron chi connectivity index (χ3n) is 6.58. The van der Waals surface area contributed by atoms with Gasteiger partial charge in [0, 0.05) is 42.0 Å². The molecule has 1 aliphatic carbocycles. The quantitative estimate of drug-likeness (QED) is 0.426. The summed E-state index contributed by atoms with van der Waals surface area (Å²) in [6.07, 6.45) is 10.5. The molecule has 176 valence electrons. The van der Waals surface area contributed by atoms with Gasteiger partial charge in [0.1, 0.15) is 0 Å². The van der Waals surface area contributed by atoms with Gasteiger partial charge in [-0.2, -0.15) is 19.7 Å². The summed E-state index contributed by atoms with van der Waals surface area (Å²) < 4.78 is 17.3. The van der Waals surface area contributed by atoms with Crippen LogP contribution in [0.4, 0.5) is 10.1 Å². The summed E-state index contributed by atoms with van der Waals surface area (Å²) in [6.45, 7) is 3.89. The van der Waals surface area contributed by atoms with E-state index in [1.807, 2.05) is 33.2 Å². The summed E-state index contributed by atoms with van der Waals surface area (Å²) >= 11 is 0. The zero-order valence-corrected chi connectivity index (χ0v) is 19.2. The third kappa shape index (κ3) is 3.28. The second kappa shape index (κ2) is 7.52. The van der Waals surface area contributed by atoms with E-state index in [9.17, 15) is 9.18 Å². The minimum Gasteiger partial charge on any atom is -0.324 e. The summed E-state index contributed by atoms with van der Waals surface area (Å²) in [6, 6.07) is 3.10. The average Bonchev–Trinajstić information content (AvgIpc) is 3.60. The Hall–Kier alpha value is -4.48. The molecule has 0 aliphatic heterocycles. The number of nitrogens with zero attached hydrogens (tertiary/aromatic N) is 9. The Bertz CT molecular complexity index is 1590. The van der Waals surface area contributed by atoms with E-state index in [1.165, 1.54) is 15.4 Å². The fourth-order valence-electron chi connectivity index (χ4n) is 4.94. The highest BCUT2D eigenvalue weighted by molar-refractivity contribution is 5.97. The highest BCUT2D eigenvalue weighted by atomic mass is 19.1. The first-order valence-corrected chi connectivity index (χ1v) is 11.0. The first-order valence-electron chi connectivity index (χ1n) is 11.0. The largest absolute Gasteiger partial charge is 0.324 e. The Kier molecular flexibility index (Phi) is 4.53. The second-order valence-corrected chi connectivity index (χ2v) is 8.96. The van der Waals surface area contributed by atoms with E-state index in [4.69, 9.17) is 0 Å². The van der Waals surface area contributed by atoms with E-state index in [0.29, 0.717) is 29.1 Å². The number of hydrogen-bond acceptors (Lipinski definition) is 7. The molecule has 0 saturated carbocycles. The lowest BCUT2D eigenvalue weighted by Crippen LogP contribution is -2.25. The summed E-state index contributed by atoms with van der Waals surface area (Å²) in [5, 5.41) is 19.6. The number of anilines is 1. The molecule has 0 bridgehead atoms. The Morgan fingerprint density at radius 2 is 1.94 bits per heavy atom. The average molecular weight is 472 g/mol. The van der Waals surface area contributed by atoms with Crippen molar-refractivity contribution < 1.29 is 9.18 Å². The van der Waals surface area contributed by atoms with Gasteiger partial charge in [0.05, 0.1) is 42.1 Å². The van der Waals surface area contributed by atoms with Gasteiger partial charge in [-0.05, 0) is 31.9 Å². The van der Waals surface area contributed by atoms with Crippen LogP contribution in [0.1, 0.15) is 41.6 Å². The Morgan fingerprint density at radius 1 is 1.14 bits per heavy atom. The van der Waals surface area contributed by atoms with Gasteiger partial charge in [0.15, 0.2) is 11.5 Å². The maximum atomic E-state index is 14.1. The normalized spacial score (nSPS) is 19.3. The summed E-state index contributed by atoms with van der Waals surface area (Å²) in [4.78, 5) is 23.7. The number of aromatic nitrogens is 9. The van der Waals surface area contributed by atoms with Gasteiger partial charge in [-0.25, -0.2) is 14.5 Å². The fourth-order valence-corrected chi connectivity index (χ4v) is 4.94. The lowest BCUT2D eigenvalue weighted by Gasteiger charge is -2.24. The Labute approximate surface area is 198 Å². The smallest absolute Gasteiger partial charge is 0.235 e. The Balaban J connectivity index is 1.38. The first-order chi connectivity index (χ1) is 16.8. The van der Waals surface area contributed by atoms with Crippen LogP contribution in [0.2, 0.25) is 0 Å². The van der Waals surface area contributed by atoms with E-state index in [-0.39, 0.29) is 5.91 Å². The lowest BCUT2D eigenvalue weighted by molar-refractivity contribution is -0.117. The van der Waals surface area contributed by atoms with Gasteiger partial charge < -0.3 is 5.32 Å². The number of amides is 1. The predicted octanol–water partition coefficient (Wildman–Crippen LogP) is 2.32. The van der Waals surface area contributed by atoms with Gasteiger partial charge in [-0.1, -0.05) is 0 Å². The lowest BCUT2D eigenvalue weighted by atomic mass is 9.80. The van der Waals surface area contributed by atoms with E-state index in [2.05, 4.69) is 35.7 Å².